The Morgan fingerprint density at radius 3 is 3.00 bits per heavy atom. The molecular weight excluding hydrogens is 488 g/mol. The highest BCUT2D eigenvalue weighted by atomic mass is 32.1. The average molecular weight is 519 g/mol. The fourth-order valence-electron chi connectivity index (χ4n) is 4.83. The van der Waals surface area contributed by atoms with Gasteiger partial charge in [-0.1, -0.05) is 0 Å². The number of piperidine rings is 1. The summed E-state index contributed by atoms with van der Waals surface area (Å²) in [5.41, 5.74) is 2.27. The molecule has 2 aliphatic rings. The van der Waals surface area contributed by atoms with Crippen molar-refractivity contribution in [2.75, 3.05) is 43.9 Å². The molecule has 0 spiro atoms. The molecule has 37 heavy (non-hydrogen) atoms. The van der Waals surface area contributed by atoms with E-state index in [2.05, 4.69) is 48.1 Å². The number of fused-ring (bicyclic) bond motifs is 2. The summed E-state index contributed by atoms with van der Waals surface area (Å²) < 4.78 is 6.20. The largest absolute Gasteiger partial charge is 0.456 e. The van der Waals surface area contributed by atoms with Gasteiger partial charge in [0, 0.05) is 42.3 Å². The maximum Gasteiger partial charge on any atom is 0.257 e. The summed E-state index contributed by atoms with van der Waals surface area (Å²) in [6.07, 6.45) is 5.06. The van der Waals surface area contributed by atoms with Gasteiger partial charge in [0.25, 0.3) is 5.91 Å². The van der Waals surface area contributed by atoms with Crippen LogP contribution >= 0.6 is 11.3 Å². The summed E-state index contributed by atoms with van der Waals surface area (Å²) in [5, 5.41) is 18.7. The van der Waals surface area contributed by atoms with Crippen LogP contribution in [-0.4, -0.2) is 64.2 Å². The zero-order valence-corrected chi connectivity index (χ0v) is 21.5. The van der Waals surface area contributed by atoms with Crippen molar-refractivity contribution in [2.24, 2.45) is 5.92 Å². The lowest BCUT2D eigenvalue weighted by atomic mass is 10.00. The van der Waals surface area contributed by atoms with Crippen molar-refractivity contribution < 1.29 is 9.53 Å². The molecule has 0 unspecified atom stereocenters. The van der Waals surface area contributed by atoms with Gasteiger partial charge in [-0.3, -0.25) is 15.2 Å². The van der Waals surface area contributed by atoms with Crippen molar-refractivity contribution in [1.29, 1.82) is 0 Å². The Morgan fingerprint density at radius 1 is 1.27 bits per heavy atom. The number of H-pyrrole nitrogens is 1. The van der Waals surface area contributed by atoms with Gasteiger partial charge in [0.1, 0.15) is 16.9 Å². The van der Waals surface area contributed by atoms with Crippen LogP contribution in [0.2, 0.25) is 0 Å². The Balaban J connectivity index is 1.13. The third-order valence-electron chi connectivity index (χ3n) is 6.86. The number of anilines is 2. The lowest BCUT2D eigenvalue weighted by molar-refractivity contribution is 0.102. The minimum atomic E-state index is -0.184. The molecule has 11 heteroatoms. The highest BCUT2D eigenvalue weighted by Crippen LogP contribution is 2.33. The number of aromatic nitrogens is 4. The Bertz CT molecular complexity index is 1390. The average Bonchev–Trinajstić information content (AvgIpc) is 3.52. The Kier molecular flexibility index (Phi) is 6.73. The summed E-state index contributed by atoms with van der Waals surface area (Å²) >= 11 is 1.56. The van der Waals surface area contributed by atoms with Gasteiger partial charge in [-0.15, -0.1) is 11.3 Å². The number of rotatable bonds is 7. The molecule has 192 valence electrons. The Morgan fingerprint density at radius 2 is 2.16 bits per heavy atom. The molecule has 3 aromatic heterocycles. The third-order valence-corrected chi connectivity index (χ3v) is 7.94. The van der Waals surface area contributed by atoms with Crippen LogP contribution in [0.25, 0.3) is 11.0 Å². The number of hydrogen-bond donors (Lipinski definition) is 4. The summed E-state index contributed by atoms with van der Waals surface area (Å²) in [6.45, 7) is 4.78. The highest BCUT2D eigenvalue weighted by molar-refractivity contribution is 7.15. The maximum absolute atomic E-state index is 12.8. The van der Waals surface area contributed by atoms with E-state index in [4.69, 9.17) is 4.74 Å². The quantitative estimate of drug-likeness (QED) is 0.291. The normalized spacial score (nSPS) is 17.9. The molecule has 0 bridgehead atoms. The third kappa shape index (κ3) is 5.29. The molecule has 1 amide bonds. The first-order valence-electron chi connectivity index (χ1n) is 12.7. The summed E-state index contributed by atoms with van der Waals surface area (Å²) in [7, 11) is 2.08. The summed E-state index contributed by atoms with van der Waals surface area (Å²) in [6, 6.07) is 8.94. The zero-order valence-electron chi connectivity index (χ0n) is 20.7. The van der Waals surface area contributed by atoms with Gasteiger partial charge in [-0.2, -0.15) is 5.10 Å². The van der Waals surface area contributed by atoms with Gasteiger partial charge < -0.3 is 20.3 Å². The van der Waals surface area contributed by atoms with Gasteiger partial charge >= 0.3 is 0 Å². The number of carbonyl (C=O) groups excluding carboxylic acids is 1. The van der Waals surface area contributed by atoms with Gasteiger partial charge in [0.15, 0.2) is 16.6 Å². The number of nitrogens with zero attached hydrogens (tertiary/aromatic N) is 4. The molecule has 1 saturated heterocycles. The lowest BCUT2D eigenvalue weighted by Crippen LogP contribution is -2.33. The van der Waals surface area contributed by atoms with E-state index in [1.54, 1.807) is 41.8 Å². The molecule has 10 nitrogen and oxygen atoms in total. The van der Waals surface area contributed by atoms with Crippen LogP contribution in [0.1, 0.15) is 33.8 Å². The van der Waals surface area contributed by atoms with E-state index < -0.39 is 0 Å². The van der Waals surface area contributed by atoms with Crippen LogP contribution in [-0.2, 0) is 13.0 Å². The Hall–Kier alpha value is -3.54. The lowest BCUT2D eigenvalue weighted by Gasteiger charge is -2.22. The number of likely N-dealkylation sites (N-methyl/N-ethyl adjacent to an activating group) is 1. The topological polar surface area (TPSA) is 120 Å². The van der Waals surface area contributed by atoms with E-state index in [1.807, 2.05) is 6.07 Å². The van der Waals surface area contributed by atoms with E-state index in [0.29, 0.717) is 33.8 Å². The SMILES string of the molecule is CN1CCc2sc(NC(=O)c3ccc(Oc4ccnc5[nH]nc(NC[C@@H]6CCCNC6)c45)cc3)nc2C1. The number of benzene rings is 1. The molecule has 1 aromatic carbocycles. The van der Waals surface area contributed by atoms with Crippen LogP contribution in [0.4, 0.5) is 10.9 Å². The maximum atomic E-state index is 12.8. The first-order chi connectivity index (χ1) is 18.1. The molecule has 0 aliphatic carbocycles. The monoisotopic (exact) mass is 518 g/mol. The molecule has 0 radical (unpaired) electrons. The molecule has 5 heterocycles. The van der Waals surface area contributed by atoms with Gasteiger partial charge in [-0.25, -0.2) is 9.97 Å². The number of hydrogen-bond acceptors (Lipinski definition) is 9. The van der Waals surface area contributed by atoms with Crippen molar-refractivity contribution in [3.63, 3.8) is 0 Å². The molecule has 0 saturated carbocycles. The number of thiazole rings is 1. The summed E-state index contributed by atoms with van der Waals surface area (Å²) in [4.78, 5) is 25.3. The fraction of sp³-hybridized carbons (Fsp3) is 0.385. The number of amides is 1. The smallest absolute Gasteiger partial charge is 0.257 e. The van der Waals surface area contributed by atoms with Crippen molar-refractivity contribution in [2.45, 2.75) is 25.8 Å². The number of pyridine rings is 1. The molecule has 1 fully saturated rings. The van der Waals surface area contributed by atoms with Crippen LogP contribution in [0.5, 0.6) is 11.5 Å². The van der Waals surface area contributed by atoms with Gasteiger partial charge in [-0.05, 0) is 69.6 Å². The number of ether oxygens (including phenoxy) is 1. The standard InChI is InChI=1S/C26H30N8O2S/c1-34-12-9-21-19(15-34)30-26(37-21)31-25(35)17-4-6-18(7-5-17)36-20-8-11-28-23-22(20)24(33-32-23)29-14-16-3-2-10-27-13-16/h4-8,11,16,27H,2-3,9-10,12-15H2,1H3,(H,30,31,35)(H2,28,29,32,33)/t16-/m1/s1. The molecule has 6 rings (SSSR count). The van der Waals surface area contributed by atoms with Crippen molar-refractivity contribution in [3.8, 4) is 11.5 Å². The molecule has 2 aliphatic heterocycles. The van der Waals surface area contributed by atoms with E-state index in [0.717, 1.165) is 56.0 Å². The first kappa shape index (κ1) is 23.8. The van der Waals surface area contributed by atoms with Gasteiger partial charge in [0.2, 0.25) is 0 Å². The van der Waals surface area contributed by atoms with Crippen molar-refractivity contribution >= 4 is 39.2 Å². The predicted octanol–water partition coefficient (Wildman–Crippen LogP) is 3.86. The predicted molar refractivity (Wildman–Crippen MR) is 145 cm³/mol. The van der Waals surface area contributed by atoms with E-state index >= 15 is 0 Å². The first-order valence-corrected chi connectivity index (χ1v) is 13.5. The molecule has 1 atom stereocenters. The number of nitrogens with one attached hydrogen (secondary N) is 4. The number of carbonyl (C=O) groups is 1. The zero-order chi connectivity index (χ0) is 25.2. The van der Waals surface area contributed by atoms with Crippen molar-refractivity contribution in [3.05, 3.63) is 52.7 Å². The Labute approximate surface area is 218 Å². The number of aromatic amines is 1. The van der Waals surface area contributed by atoms with Crippen LogP contribution in [0.3, 0.4) is 0 Å². The second-order valence-corrected chi connectivity index (χ2v) is 10.7. The van der Waals surface area contributed by atoms with Crippen LogP contribution in [0.15, 0.2) is 36.5 Å². The highest BCUT2D eigenvalue weighted by Gasteiger charge is 2.20. The minimum Gasteiger partial charge on any atom is -0.456 e. The fourth-order valence-corrected chi connectivity index (χ4v) is 5.78. The molecular formula is C26H30N8O2S. The van der Waals surface area contributed by atoms with Gasteiger partial charge in [0.05, 0.1) is 5.69 Å². The second kappa shape index (κ2) is 10.4. The van der Waals surface area contributed by atoms with E-state index in [9.17, 15) is 4.79 Å². The van der Waals surface area contributed by atoms with E-state index in [1.165, 1.54) is 17.7 Å². The summed E-state index contributed by atoms with van der Waals surface area (Å²) in [5.74, 6) is 2.39. The van der Waals surface area contributed by atoms with Crippen molar-refractivity contribution in [1.82, 2.24) is 30.4 Å². The molecule has 4 N–H and O–H groups in total. The van der Waals surface area contributed by atoms with Crippen LogP contribution in [0, 0.1) is 5.92 Å². The van der Waals surface area contributed by atoms with E-state index in [-0.39, 0.29) is 5.91 Å². The van der Waals surface area contributed by atoms with Crippen LogP contribution < -0.4 is 20.7 Å². The molecule has 4 aromatic rings. The minimum absolute atomic E-state index is 0.184. The second-order valence-electron chi connectivity index (χ2n) is 9.66.